The molecule has 0 radical (unpaired) electrons. The summed E-state index contributed by atoms with van der Waals surface area (Å²) in [5, 5.41) is 37.3. The van der Waals surface area contributed by atoms with Gasteiger partial charge in [-0.3, -0.25) is 0 Å². The molecule has 15 heavy (non-hydrogen) atoms. The zero-order valence-electron chi connectivity index (χ0n) is 8.41. The number of aliphatic hydroxyl groups is 4. The Labute approximate surface area is 87.1 Å². The minimum Gasteiger partial charge on any atom is -0.394 e. The molecule has 4 N–H and O–H groups in total. The third-order valence-electron chi connectivity index (χ3n) is 2.55. The summed E-state index contributed by atoms with van der Waals surface area (Å²) in [6.07, 6.45) is -4.99. The number of carbonyl (C=O) groups excluding carboxylic acids is 1. The highest BCUT2D eigenvalue weighted by molar-refractivity contribution is 5.75. The van der Waals surface area contributed by atoms with Crippen LogP contribution in [-0.4, -0.2) is 57.4 Å². The minimum absolute atomic E-state index is 0.0719. The van der Waals surface area contributed by atoms with Crippen LogP contribution in [0.2, 0.25) is 0 Å². The predicted octanol–water partition coefficient (Wildman–Crippen LogP) is -1.99. The molecule has 1 rings (SSSR count). The Morgan fingerprint density at radius 1 is 1.27 bits per heavy atom. The molecule has 0 saturated carbocycles. The monoisotopic (exact) mass is 220 g/mol. The Morgan fingerprint density at radius 2 is 1.87 bits per heavy atom. The van der Waals surface area contributed by atoms with Gasteiger partial charge >= 0.3 is 0 Å². The van der Waals surface area contributed by atoms with Crippen molar-refractivity contribution in [3.8, 4) is 0 Å². The lowest BCUT2D eigenvalue weighted by atomic mass is 9.87. The van der Waals surface area contributed by atoms with Crippen molar-refractivity contribution in [2.24, 2.45) is 5.92 Å². The largest absolute Gasteiger partial charge is 0.394 e. The number of rotatable bonds is 3. The molecule has 0 aromatic heterocycles. The van der Waals surface area contributed by atoms with Crippen LogP contribution in [-0.2, 0) is 9.53 Å². The molecule has 1 aliphatic heterocycles. The van der Waals surface area contributed by atoms with Crippen molar-refractivity contribution in [1.29, 1.82) is 0 Å². The van der Waals surface area contributed by atoms with Gasteiger partial charge < -0.3 is 30.0 Å². The topological polar surface area (TPSA) is 107 Å². The smallest absolute Gasteiger partial charge is 0.160 e. The molecule has 0 spiro atoms. The number of aliphatic hydroxyl groups excluding tert-OH is 4. The van der Waals surface area contributed by atoms with Crippen LogP contribution in [0.4, 0.5) is 0 Å². The van der Waals surface area contributed by atoms with Crippen LogP contribution in [0.15, 0.2) is 0 Å². The van der Waals surface area contributed by atoms with E-state index >= 15 is 0 Å². The summed E-state index contributed by atoms with van der Waals surface area (Å²) in [5.74, 6) is -1.06. The molecule has 1 aliphatic rings. The second kappa shape index (κ2) is 5.00. The Balaban J connectivity index is 2.70. The highest BCUT2D eigenvalue weighted by atomic mass is 16.6. The third-order valence-corrected chi connectivity index (χ3v) is 2.55. The molecule has 0 aromatic rings. The number of ketones is 1. The molecule has 6 nitrogen and oxygen atoms in total. The maximum absolute atomic E-state index is 10.9. The Hall–Kier alpha value is -0.530. The predicted molar refractivity (Wildman–Crippen MR) is 48.8 cm³/mol. The fourth-order valence-electron chi connectivity index (χ4n) is 1.71. The van der Waals surface area contributed by atoms with E-state index in [0.29, 0.717) is 0 Å². The summed E-state index contributed by atoms with van der Waals surface area (Å²) in [6.45, 7) is 0.825. The Bertz CT molecular complexity index is 231. The van der Waals surface area contributed by atoms with Gasteiger partial charge in [-0.05, 0) is 6.92 Å². The molecule has 1 fully saturated rings. The highest BCUT2D eigenvalue weighted by Crippen LogP contribution is 2.27. The number of hydrogen-bond acceptors (Lipinski definition) is 6. The summed E-state index contributed by atoms with van der Waals surface area (Å²) in [6, 6.07) is 0. The average Bonchev–Trinajstić information content (AvgIpc) is 2.18. The first-order chi connectivity index (χ1) is 6.97. The first-order valence-corrected chi connectivity index (χ1v) is 4.77. The fraction of sp³-hybridized carbons (Fsp3) is 0.889. The molecular formula is C9H16O6. The molecule has 0 aromatic carbocycles. The van der Waals surface area contributed by atoms with Crippen LogP contribution in [0.5, 0.6) is 0 Å². The molecule has 0 aliphatic carbocycles. The van der Waals surface area contributed by atoms with Crippen LogP contribution in [0.25, 0.3) is 0 Å². The molecule has 1 heterocycles. The summed E-state index contributed by atoms with van der Waals surface area (Å²) < 4.78 is 4.87. The van der Waals surface area contributed by atoms with E-state index < -0.39 is 37.1 Å². The van der Waals surface area contributed by atoms with Gasteiger partial charge in [0.25, 0.3) is 0 Å². The van der Waals surface area contributed by atoms with Crippen molar-refractivity contribution in [2.75, 3.05) is 6.61 Å². The van der Waals surface area contributed by atoms with Gasteiger partial charge in [0, 0.05) is 12.3 Å². The van der Waals surface area contributed by atoms with Crippen LogP contribution >= 0.6 is 0 Å². The normalized spacial score (nSPS) is 41.5. The standard InChI is InChI=1S/C9H16O6/c1-4(11)2-5-7(12)8(13)6(3-10)15-9(5)14/h5-10,12-14H,2-3H2,1H3/t5-,6-,7-,8+,9+/m1/s1. The second-order valence-electron chi connectivity index (χ2n) is 3.80. The van der Waals surface area contributed by atoms with E-state index in [9.17, 15) is 20.1 Å². The van der Waals surface area contributed by atoms with Gasteiger partial charge in [-0.15, -0.1) is 0 Å². The van der Waals surface area contributed by atoms with E-state index in [4.69, 9.17) is 9.84 Å². The Kier molecular flexibility index (Phi) is 4.18. The van der Waals surface area contributed by atoms with Crippen molar-refractivity contribution in [1.82, 2.24) is 0 Å². The van der Waals surface area contributed by atoms with Crippen LogP contribution < -0.4 is 0 Å². The van der Waals surface area contributed by atoms with E-state index in [1.807, 2.05) is 0 Å². The van der Waals surface area contributed by atoms with Crippen LogP contribution in [0.1, 0.15) is 13.3 Å². The first kappa shape index (κ1) is 12.5. The van der Waals surface area contributed by atoms with E-state index in [1.165, 1.54) is 6.92 Å². The van der Waals surface area contributed by atoms with Gasteiger partial charge in [0.1, 0.15) is 18.0 Å². The van der Waals surface area contributed by atoms with Crippen LogP contribution in [0.3, 0.4) is 0 Å². The number of carbonyl (C=O) groups is 1. The maximum Gasteiger partial charge on any atom is 0.160 e. The molecule has 0 bridgehead atoms. The first-order valence-electron chi connectivity index (χ1n) is 4.77. The molecule has 1 saturated heterocycles. The zero-order chi connectivity index (χ0) is 11.6. The SMILES string of the molecule is CC(=O)C[C@@H]1[C@@H](O)[C@@H](O)[C@@H](CO)O[C@@H]1O. The van der Waals surface area contributed by atoms with E-state index in [2.05, 4.69) is 0 Å². The number of Topliss-reactive ketones (excluding diaryl/α,β-unsaturated/α-hetero) is 1. The Morgan fingerprint density at radius 3 is 2.33 bits per heavy atom. The lowest BCUT2D eigenvalue weighted by molar-refractivity contribution is -0.269. The van der Waals surface area contributed by atoms with Gasteiger partial charge in [0.2, 0.25) is 0 Å². The third kappa shape index (κ3) is 2.73. The molecule has 6 heteroatoms. The highest BCUT2D eigenvalue weighted by Gasteiger charge is 2.43. The van der Waals surface area contributed by atoms with Gasteiger partial charge in [-0.1, -0.05) is 0 Å². The van der Waals surface area contributed by atoms with Gasteiger partial charge in [0.05, 0.1) is 12.7 Å². The zero-order valence-corrected chi connectivity index (χ0v) is 8.41. The van der Waals surface area contributed by atoms with Crippen molar-refractivity contribution in [3.63, 3.8) is 0 Å². The van der Waals surface area contributed by atoms with Crippen molar-refractivity contribution >= 4 is 5.78 Å². The fourth-order valence-corrected chi connectivity index (χ4v) is 1.71. The van der Waals surface area contributed by atoms with Gasteiger partial charge in [0.15, 0.2) is 6.29 Å². The summed E-state index contributed by atoms with van der Waals surface area (Å²) >= 11 is 0. The number of hydrogen-bond donors (Lipinski definition) is 4. The van der Waals surface area contributed by atoms with Crippen molar-refractivity contribution < 1.29 is 30.0 Å². The molecular weight excluding hydrogens is 204 g/mol. The lowest BCUT2D eigenvalue weighted by Crippen LogP contribution is -2.55. The van der Waals surface area contributed by atoms with Crippen LogP contribution in [0, 0.1) is 5.92 Å². The van der Waals surface area contributed by atoms with Gasteiger partial charge in [-0.25, -0.2) is 0 Å². The molecule has 88 valence electrons. The van der Waals surface area contributed by atoms with Crippen molar-refractivity contribution in [2.45, 2.75) is 37.9 Å². The molecule has 0 amide bonds. The van der Waals surface area contributed by atoms with E-state index in [0.717, 1.165) is 0 Å². The summed E-state index contributed by atoms with van der Waals surface area (Å²) in [7, 11) is 0. The molecule has 5 atom stereocenters. The second-order valence-corrected chi connectivity index (χ2v) is 3.80. The van der Waals surface area contributed by atoms with Gasteiger partial charge in [-0.2, -0.15) is 0 Å². The minimum atomic E-state index is -1.34. The maximum atomic E-state index is 10.9. The van der Waals surface area contributed by atoms with E-state index in [1.54, 1.807) is 0 Å². The molecule has 0 unspecified atom stereocenters. The average molecular weight is 220 g/mol. The summed E-state index contributed by atoms with van der Waals surface area (Å²) in [4.78, 5) is 10.9. The lowest BCUT2D eigenvalue weighted by Gasteiger charge is -2.39. The quantitative estimate of drug-likeness (QED) is 0.439. The van der Waals surface area contributed by atoms with E-state index in [-0.39, 0.29) is 12.2 Å². The summed E-state index contributed by atoms with van der Waals surface area (Å²) in [5.41, 5.74) is 0. The van der Waals surface area contributed by atoms with Crippen molar-refractivity contribution in [3.05, 3.63) is 0 Å². The number of ether oxygens (including phenoxy) is 1.